The Kier molecular flexibility index (Phi) is 8.90. The minimum Gasteiger partial charge on any atom is -0.485 e. The van der Waals surface area contributed by atoms with Crippen molar-refractivity contribution < 1.29 is 23.8 Å². The van der Waals surface area contributed by atoms with E-state index >= 15 is 0 Å². The second-order valence-electron chi connectivity index (χ2n) is 10.0. The maximum atomic E-state index is 13.6. The number of hydrogen-bond donors (Lipinski definition) is 3. The summed E-state index contributed by atoms with van der Waals surface area (Å²) in [7, 11) is 0. The van der Waals surface area contributed by atoms with Crippen LogP contribution in [0.25, 0.3) is 21.7 Å². The van der Waals surface area contributed by atoms with Crippen molar-refractivity contribution in [1.29, 1.82) is 5.26 Å². The van der Waals surface area contributed by atoms with Gasteiger partial charge in [0.15, 0.2) is 12.5 Å². The summed E-state index contributed by atoms with van der Waals surface area (Å²) in [5, 5.41) is 11.4. The molecule has 11 nitrogen and oxygen atoms in total. The number of benzene rings is 3. The molecule has 11 heteroatoms. The highest BCUT2D eigenvalue weighted by Gasteiger charge is 2.20. The maximum Gasteiger partial charge on any atom is 0.252 e. The van der Waals surface area contributed by atoms with Crippen molar-refractivity contribution in [2.45, 2.75) is 6.54 Å². The Morgan fingerprint density at radius 2 is 1.81 bits per heavy atom. The van der Waals surface area contributed by atoms with Gasteiger partial charge in [-0.2, -0.15) is 5.26 Å². The Balaban J connectivity index is 1.43. The SMILES string of the molecule is N#Cc1ccc2cc(OCC(=O)c3cn(CCN4CCOCC4)c4cc(O/C(N)=C/C=C\N)ccc34)c(C(N)=O)cc2c1. The van der Waals surface area contributed by atoms with Crippen LogP contribution in [-0.4, -0.2) is 60.6 Å². The Morgan fingerprint density at radius 3 is 2.56 bits per heavy atom. The molecule has 4 aromatic rings. The fourth-order valence-electron chi connectivity index (χ4n) is 5.02. The van der Waals surface area contributed by atoms with Crippen molar-refractivity contribution >= 4 is 33.4 Å². The number of amides is 1. The number of morpholine rings is 1. The first-order valence-corrected chi connectivity index (χ1v) is 13.7. The fraction of sp³-hybridized carbons (Fsp3) is 0.219. The number of hydrogen-bond acceptors (Lipinski definition) is 9. The molecule has 0 bridgehead atoms. The molecular weight excluding hydrogens is 548 g/mol. The van der Waals surface area contributed by atoms with Crippen molar-refractivity contribution in [2.75, 3.05) is 39.5 Å². The third kappa shape index (κ3) is 6.78. The third-order valence-electron chi connectivity index (χ3n) is 7.21. The van der Waals surface area contributed by atoms with Crippen molar-refractivity contribution in [1.82, 2.24) is 9.47 Å². The Bertz CT molecular complexity index is 1780. The molecule has 0 atom stereocenters. The molecule has 2 heterocycles. The number of nitriles is 1. The largest absolute Gasteiger partial charge is 0.485 e. The molecule has 1 aromatic heterocycles. The van der Waals surface area contributed by atoms with E-state index in [1.807, 2.05) is 22.9 Å². The summed E-state index contributed by atoms with van der Waals surface area (Å²) in [4.78, 5) is 28.1. The van der Waals surface area contributed by atoms with Gasteiger partial charge < -0.3 is 36.0 Å². The van der Waals surface area contributed by atoms with E-state index in [0.29, 0.717) is 42.0 Å². The standard InChI is InChI=1S/C32H32N6O5/c33-7-1-2-31(35)43-24-5-6-25-27(19-38(28(25)17-24)9-8-37-10-12-41-13-11-37)29(39)20-42-30-16-22-4-3-21(18-34)14-23(22)15-26(30)32(36)40/h1-7,14-17,19H,8-13,20,33,35H2,(H2,36,40)/b7-1-,31-2+. The third-order valence-corrected chi connectivity index (χ3v) is 7.21. The summed E-state index contributed by atoms with van der Waals surface area (Å²) in [6, 6.07) is 15.8. The van der Waals surface area contributed by atoms with E-state index in [-0.39, 0.29) is 29.6 Å². The van der Waals surface area contributed by atoms with Crippen LogP contribution < -0.4 is 26.7 Å². The number of nitrogens with zero attached hydrogens (tertiary/aromatic N) is 3. The molecular formula is C32H32N6O5. The van der Waals surface area contributed by atoms with Gasteiger partial charge in [-0.25, -0.2) is 0 Å². The molecule has 43 heavy (non-hydrogen) atoms. The van der Waals surface area contributed by atoms with E-state index in [0.717, 1.165) is 35.9 Å². The van der Waals surface area contributed by atoms with Crippen LogP contribution in [0.4, 0.5) is 0 Å². The van der Waals surface area contributed by atoms with Gasteiger partial charge in [0, 0.05) is 49.4 Å². The molecule has 0 saturated carbocycles. The quantitative estimate of drug-likeness (QED) is 0.137. The highest BCUT2D eigenvalue weighted by molar-refractivity contribution is 6.09. The highest BCUT2D eigenvalue weighted by Crippen LogP contribution is 2.29. The number of ketones is 1. The molecule has 1 saturated heterocycles. The minimum absolute atomic E-state index is 0.125. The lowest BCUT2D eigenvalue weighted by Crippen LogP contribution is -2.38. The number of fused-ring (bicyclic) bond motifs is 2. The summed E-state index contributed by atoms with van der Waals surface area (Å²) in [6.07, 6.45) is 6.28. The van der Waals surface area contributed by atoms with Gasteiger partial charge in [-0.05, 0) is 65.5 Å². The molecule has 0 radical (unpaired) electrons. The smallest absolute Gasteiger partial charge is 0.252 e. The first-order chi connectivity index (χ1) is 20.9. The lowest BCUT2D eigenvalue weighted by atomic mass is 10.0. The maximum absolute atomic E-state index is 13.6. The van der Waals surface area contributed by atoms with E-state index < -0.39 is 5.91 Å². The van der Waals surface area contributed by atoms with Crippen molar-refractivity contribution in [3.63, 3.8) is 0 Å². The van der Waals surface area contributed by atoms with Crippen LogP contribution in [-0.2, 0) is 11.3 Å². The van der Waals surface area contributed by atoms with E-state index in [4.69, 9.17) is 31.4 Å². The Labute approximate surface area is 248 Å². The summed E-state index contributed by atoms with van der Waals surface area (Å²) in [5.41, 5.74) is 18.8. The molecule has 1 aliphatic heterocycles. The second-order valence-corrected chi connectivity index (χ2v) is 10.0. The van der Waals surface area contributed by atoms with Crippen LogP contribution in [0.5, 0.6) is 11.5 Å². The Hall–Kier alpha value is -5.31. The number of nitrogens with two attached hydrogens (primary N) is 3. The molecule has 1 fully saturated rings. The van der Waals surface area contributed by atoms with Crippen molar-refractivity contribution in [3.05, 3.63) is 95.7 Å². The van der Waals surface area contributed by atoms with Gasteiger partial charge in [-0.3, -0.25) is 14.5 Å². The van der Waals surface area contributed by atoms with Gasteiger partial charge in [-0.1, -0.05) is 6.07 Å². The monoisotopic (exact) mass is 580 g/mol. The topological polar surface area (TPSA) is 172 Å². The van der Waals surface area contributed by atoms with Gasteiger partial charge in [0.25, 0.3) is 5.91 Å². The average molecular weight is 581 g/mol. The lowest BCUT2D eigenvalue weighted by Gasteiger charge is -2.26. The molecule has 1 amide bonds. The number of carbonyl (C=O) groups excluding carboxylic acids is 2. The van der Waals surface area contributed by atoms with Crippen LogP contribution in [0.2, 0.25) is 0 Å². The summed E-state index contributed by atoms with van der Waals surface area (Å²) < 4.78 is 19.1. The van der Waals surface area contributed by atoms with E-state index in [9.17, 15) is 14.9 Å². The molecule has 5 rings (SSSR count). The van der Waals surface area contributed by atoms with E-state index in [1.54, 1.807) is 48.6 Å². The zero-order chi connectivity index (χ0) is 30.3. The number of rotatable bonds is 11. The number of primary amides is 1. The van der Waals surface area contributed by atoms with Gasteiger partial charge in [-0.15, -0.1) is 0 Å². The molecule has 1 aliphatic rings. The molecule has 3 aromatic carbocycles. The average Bonchev–Trinajstić information content (AvgIpc) is 3.39. The number of carbonyl (C=O) groups is 2. The first-order valence-electron chi connectivity index (χ1n) is 13.7. The second kappa shape index (κ2) is 13.1. The molecule has 0 spiro atoms. The van der Waals surface area contributed by atoms with Gasteiger partial charge in [0.2, 0.25) is 5.78 Å². The van der Waals surface area contributed by atoms with Crippen LogP contribution >= 0.6 is 0 Å². The van der Waals surface area contributed by atoms with Crippen LogP contribution in [0.15, 0.2) is 79.0 Å². The highest BCUT2D eigenvalue weighted by atomic mass is 16.5. The summed E-state index contributed by atoms with van der Waals surface area (Å²) in [6.45, 7) is 4.16. The number of aromatic nitrogens is 1. The fourth-order valence-corrected chi connectivity index (χ4v) is 5.02. The van der Waals surface area contributed by atoms with Gasteiger partial charge in [0.05, 0.1) is 35.9 Å². The van der Waals surface area contributed by atoms with Gasteiger partial charge >= 0.3 is 0 Å². The van der Waals surface area contributed by atoms with E-state index in [1.165, 1.54) is 6.20 Å². The number of allylic oxidation sites excluding steroid dienone is 2. The van der Waals surface area contributed by atoms with Crippen LogP contribution in [0.3, 0.4) is 0 Å². The van der Waals surface area contributed by atoms with Crippen molar-refractivity contribution in [3.8, 4) is 17.6 Å². The zero-order valence-electron chi connectivity index (χ0n) is 23.5. The number of Topliss-reactive ketones (excluding diaryl/α,β-unsaturated/α-hetero) is 1. The van der Waals surface area contributed by atoms with Crippen molar-refractivity contribution in [2.24, 2.45) is 17.2 Å². The lowest BCUT2D eigenvalue weighted by molar-refractivity contribution is 0.0365. The Morgan fingerprint density at radius 1 is 1.00 bits per heavy atom. The summed E-state index contributed by atoms with van der Waals surface area (Å²) >= 11 is 0. The van der Waals surface area contributed by atoms with Crippen LogP contribution in [0.1, 0.15) is 26.3 Å². The molecule has 0 aliphatic carbocycles. The summed E-state index contributed by atoms with van der Waals surface area (Å²) in [5.74, 6) is -0.101. The predicted octanol–water partition coefficient (Wildman–Crippen LogP) is 3.01. The normalized spacial score (nSPS) is 14.3. The first kappa shape index (κ1) is 29.2. The molecule has 220 valence electrons. The zero-order valence-corrected chi connectivity index (χ0v) is 23.5. The minimum atomic E-state index is -0.700. The van der Waals surface area contributed by atoms with Crippen LogP contribution in [0, 0.1) is 11.3 Å². The number of ether oxygens (including phenoxy) is 3. The molecule has 0 unspecified atom stereocenters. The van der Waals surface area contributed by atoms with Gasteiger partial charge in [0.1, 0.15) is 11.5 Å². The predicted molar refractivity (Wildman–Crippen MR) is 162 cm³/mol. The molecule has 6 N–H and O–H groups in total. The van der Waals surface area contributed by atoms with E-state index in [2.05, 4.69) is 11.0 Å².